The molecule has 1 atom stereocenters. The fourth-order valence-corrected chi connectivity index (χ4v) is 6.28. The molecule has 14 heteroatoms. The van der Waals surface area contributed by atoms with Crippen LogP contribution in [0.1, 0.15) is 11.1 Å². The number of fused-ring (bicyclic) bond motifs is 1. The van der Waals surface area contributed by atoms with Crippen LogP contribution < -0.4 is 14.5 Å². The molecule has 0 aliphatic carbocycles. The maximum absolute atomic E-state index is 14.2. The van der Waals surface area contributed by atoms with Crippen molar-refractivity contribution >= 4 is 56.4 Å². The number of nitrogens with one attached hydrogen (secondary N) is 1. The zero-order valence-electron chi connectivity index (χ0n) is 19.1. The maximum Gasteiger partial charge on any atom is 0.274 e. The van der Waals surface area contributed by atoms with Crippen molar-refractivity contribution < 1.29 is 32.5 Å². The Morgan fingerprint density at radius 2 is 1.76 bits per heavy atom. The van der Waals surface area contributed by atoms with Gasteiger partial charge in [0.2, 0.25) is 0 Å². The topological polar surface area (TPSA) is 145 Å². The number of non-ortho nitro benzene ring substituents is 1. The SMILES string of the molecule is CONC(=O)C1(c2ccccc2Cl)C(=O)N(S(=O)(=O)c2ccc([N+](=O)[O-])cc2OC)c2ccc(Cl)cc21. The molecule has 4 rings (SSSR count). The van der Waals surface area contributed by atoms with E-state index in [9.17, 15) is 28.1 Å². The number of nitro benzene ring substituents is 1. The highest BCUT2D eigenvalue weighted by Crippen LogP contribution is 2.51. The molecule has 1 aliphatic heterocycles. The number of hydroxylamine groups is 1. The Bertz CT molecular complexity index is 1560. The lowest BCUT2D eigenvalue weighted by Crippen LogP contribution is -2.53. The normalized spacial score (nSPS) is 16.9. The Morgan fingerprint density at radius 1 is 1.05 bits per heavy atom. The second-order valence-corrected chi connectivity index (χ2v) is 10.3. The number of nitro groups is 1. The van der Waals surface area contributed by atoms with E-state index in [1.807, 2.05) is 0 Å². The van der Waals surface area contributed by atoms with E-state index < -0.39 is 42.8 Å². The summed E-state index contributed by atoms with van der Waals surface area (Å²) in [5.41, 5.74) is -0.909. The van der Waals surface area contributed by atoms with Crippen LogP contribution in [0.25, 0.3) is 0 Å². The first kappa shape index (κ1) is 26.4. The summed E-state index contributed by atoms with van der Waals surface area (Å²) in [6.45, 7) is 0. The minimum absolute atomic E-state index is 0.000179. The molecule has 1 N–H and O–H groups in total. The van der Waals surface area contributed by atoms with Crippen molar-refractivity contribution in [3.05, 3.63) is 92.0 Å². The van der Waals surface area contributed by atoms with E-state index in [2.05, 4.69) is 5.48 Å². The molecule has 0 saturated heterocycles. The highest BCUT2D eigenvalue weighted by atomic mass is 35.5. The molecule has 0 aromatic heterocycles. The molecule has 0 spiro atoms. The second-order valence-electron chi connectivity index (χ2n) is 7.69. The fourth-order valence-electron chi connectivity index (χ4n) is 4.22. The third-order valence-corrected chi connectivity index (χ3v) is 8.08. The summed E-state index contributed by atoms with van der Waals surface area (Å²) < 4.78 is 33.5. The average molecular weight is 566 g/mol. The zero-order chi connectivity index (χ0) is 27.1. The van der Waals surface area contributed by atoms with Crippen molar-refractivity contribution in [2.24, 2.45) is 0 Å². The Hall–Kier alpha value is -3.71. The Labute approximate surface area is 220 Å². The van der Waals surface area contributed by atoms with Gasteiger partial charge in [-0.1, -0.05) is 41.4 Å². The Morgan fingerprint density at radius 3 is 2.38 bits per heavy atom. The van der Waals surface area contributed by atoms with Crippen LogP contribution in [0.15, 0.2) is 65.6 Å². The average Bonchev–Trinajstić information content (AvgIpc) is 3.12. The molecule has 0 radical (unpaired) electrons. The third-order valence-electron chi connectivity index (χ3n) is 5.78. The molecule has 0 saturated carbocycles. The largest absolute Gasteiger partial charge is 0.495 e. The van der Waals surface area contributed by atoms with E-state index in [1.165, 1.54) is 36.4 Å². The molecule has 0 fully saturated rings. The number of methoxy groups -OCH3 is 1. The van der Waals surface area contributed by atoms with E-state index in [1.54, 1.807) is 6.07 Å². The van der Waals surface area contributed by atoms with Gasteiger partial charge in [-0.25, -0.2) is 18.2 Å². The Kier molecular flexibility index (Phi) is 6.86. The first-order chi connectivity index (χ1) is 17.5. The maximum atomic E-state index is 14.2. The van der Waals surface area contributed by atoms with E-state index >= 15 is 0 Å². The first-order valence-corrected chi connectivity index (χ1v) is 12.5. The number of carbonyl (C=O) groups excluding carboxylic acids is 2. The van der Waals surface area contributed by atoms with Crippen LogP contribution in [-0.2, 0) is 29.9 Å². The van der Waals surface area contributed by atoms with Crippen LogP contribution in [0.2, 0.25) is 10.0 Å². The summed E-state index contributed by atoms with van der Waals surface area (Å²) in [4.78, 5) is 42.5. The van der Waals surface area contributed by atoms with Crippen molar-refractivity contribution in [2.75, 3.05) is 18.5 Å². The lowest BCUT2D eigenvalue weighted by molar-refractivity contribution is -0.385. The van der Waals surface area contributed by atoms with Gasteiger partial charge in [-0.3, -0.25) is 24.5 Å². The molecular weight excluding hydrogens is 549 g/mol. The van der Waals surface area contributed by atoms with Gasteiger partial charge in [-0.2, -0.15) is 0 Å². The molecule has 3 aromatic rings. The minimum Gasteiger partial charge on any atom is -0.495 e. The third kappa shape index (κ3) is 3.98. The predicted octanol–water partition coefficient (Wildman–Crippen LogP) is 3.61. The van der Waals surface area contributed by atoms with Crippen molar-refractivity contribution in [2.45, 2.75) is 10.3 Å². The lowest BCUT2D eigenvalue weighted by atomic mass is 9.74. The van der Waals surface area contributed by atoms with Gasteiger partial charge < -0.3 is 4.74 Å². The van der Waals surface area contributed by atoms with Crippen LogP contribution in [0.5, 0.6) is 5.75 Å². The molecular formula is C23H17Cl2N3O8S. The molecule has 1 aliphatic rings. The second kappa shape index (κ2) is 9.63. The van der Waals surface area contributed by atoms with Gasteiger partial charge in [0, 0.05) is 27.2 Å². The number of rotatable bonds is 7. The van der Waals surface area contributed by atoms with Crippen molar-refractivity contribution in [1.29, 1.82) is 0 Å². The molecule has 37 heavy (non-hydrogen) atoms. The number of hydrogen-bond donors (Lipinski definition) is 1. The molecule has 3 aromatic carbocycles. The molecule has 2 amide bonds. The van der Waals surface area contributed by atoms with Crippen LogP contribution in [-0.4, -0.2) is 39.4 Å². The minimum atomic E-state index is -4.81. The number of benzene rings is 3. The molecule has 0 bridgehead atoms. The van der Waals surface area contributed by atoms with Gasteiger partial charge >= 0.3 is 0 Å². The first-order valence-electron chi connectivity index (χ1n) is 10.3. The monoisotopic (exact) mass is 565 g/mol. The number of ether oxygens (including phenoxy) is 1. The van der Waals surface area contributed by atoms with Gasteiger partial charge in [0.1, 0.15) is 10.6 Å². The number of sulfonamides is 1. The summed E-state index contributed by atoms with van der Waals surface area (Å²) in [6, 6.07) is 12.7. The summed E-state index contributed by atoms with van der Waals surface area (Å²) >= 11 is 12.6. The van der Waals surface area contributed by atoms with Crippen LogP contribution in [0, 0.1) is 10.1 Å². The highest BCUT2D eigenvalue weighted by molar-refractivity contribution is 7.93. The van der Waals surface area contributed by atoms with E-state index in [0.29, 0.717) is 4.31 Å². The van der Waals surface area contributed by atoms with E-state index in [-0.39, 0.29) is 32.6 Å². The molecule has 192 valence electrons. The summed E-state index contributed by atoms with van der Waals surface area (Å²) in [5.74, 6) is -2.60. The number of nitrogens with zero attached hydrogens (tertiary/aromatic N) is 2. The van der Waals surface area contributed by atoms with Crippen molar-refractivity contribution in [3.8, 4) is 5.75 Å². The fraction of sp³-hybridized carbons (Fsp3) is 0.130. The molecule has 1 heterocycles. The van der Waals surface area contributed by atoms with E-state index in [0.717, 1.165) is 32.4 Å². The van der Waals surface area contributed by atoms with Gasteiger partial charge in [-0.05, 0) is 30.3 Å². The smallest absolute Gasteiger partial charge is 0.274 e. The van der Waals surface area contributed by atoms with Gasteiger partial charge in [-0.15, -0.1) is 0 Å². The molecule has 11 nitrogen and oxygen atoms in total. The van der Waals surface area contributed by atoms with Crippen molar-refractivity contribution in [3.63, 3.8) is 0 Å². The van der Waals surface area contributed by atoms with Crippen LogP contribution in [0.4, 0.5) is 11.4 Å². The van der Waals surface area contributed by atoms with Gasteiger partial charge in [0.05, 0.1) is 30.9 Å². The summed E-state index contributed by atoms with van der Waals surface area (Å²) in [6.07, 6.45) is 0. The highest BCUT2D eigenvalue weighted by Gasteiger charge is 2.62. The van der Waals surface area contributed by atoms with Gasteiger partial charge in [0.15, 0.2) is 5.41 Å². The number of halogens is 2. The van der Waals surface area contributed by atoms with E-state index in [4.69, 9.17) is 32.8 Å². The van der Waals surface area contributed by atoms with Crippen LogP contribution in [0.3, 0.4) is 0 Å². The zero-order valence-corrected chi connectivity index (χ0v) is 21.4. The predicted molar refractivity (Wildman–Crippen MR) is 133 cm³/mol. The standard InChI is InChI=1S/C23H17Cl2N3O8S/c1-35-19-12-14(28(31)32)8-10-20(19)37(33,34)27-18-9-7-13(24)11-16(18)23(22(27)30,21(29)26-36-2)15-5-3-4-6-17(15)25/h3-12H,1-2H3,(H,26,29). The Balaban J connectivity index is 2.06. The summed E-state index contributed by atoms with van der Waals surface area (Å²) in [7, 11) is -2.54. The number of amides is 2. The number of hydrogen-bond acceptors (Lipinski definition) is 8. The van der Waals surface area contributed by atoms with Crippen LogP contribution >= 0.6 is 23.2 Å². The van der Waals surface area contributed by atoms with Gasteiger partial charge in [0.25, 0.3) is 27.5 Å². The number of anilines is 1. The summed E-state index contributed by atoms with van der Waals surface area (Å²) in [5, 5.41) is 11.3. The van der Waals surface area contributed by atoms with Crippen molar-refractivity contribution in [1.82, 2.24) is 5.48 Å². The molecule has 1 unspecified atom stereocenters. The number of carbonyl (C=O) groups is 2. The lowest BCUT2D eigenvalue weighted by Gasteiger charge is -2.28. The quantitative estimate of drug-likeness (QED) is 0.259.